The van der Waals surface area contributed by atoms with Crippen LogP contribution in [0.25, 0.3) is 0 Å². The van der Waals surface area contributed by atoms with E-state index in [1.807, 2.05) is 85.0 Å². The van der Waals surface area contributed by atoms with E-state index >= 15 is 0 Å². The highest BCUT2D eigenvalue weighted by atomic mass is 16.2. The maximum Gasteiger partial charge on any atom is 0.179 e. The fourth-order valence-corrected chi connectivity index (χ4v) is 3.98. The second kappa shape index (κ2) is 6.14. The molecule has 1 aromatic rings. The third kappa shape index (κ3) is 2.25. The molecular weight excluding hydrogens is 308 g/mol. The van der Waals surface area contributed by atoms with Gasteiger partial charge in [0, 0.05) is 23.0 Å². The number of ketones is 2. The molecule has 122 valence electrons. The Labute approximate surface area is 147 Å². The fraction of sp³-hybridized carbons (Fsp3) is 0.130. The Morgan fingerprint density at radius 3 is 1.28 bits per heavy atom. The van der Waals surface area contributed by atoms with Crippen molar-refractivity contribution in [3.8, 4) is 0 Å². The predicted octanol–water partition coefficient (Wildman–Crippen LogP) is 4.65. The van der Waals surface area contributed by atoms with Crippen molar-refractivity contribution < 1.29 is 9.59 Å². The van der Waals surface area contributed by atoms with Crippen LogP contribution in [0.1, 0.15) is 20.7 Å². The zero-order valence-electron chi connectivity index (χ0n) is 13.7. The first-order chi connectivity index (χ1) is 12.3. The molecule has 0 saturated carbocycles. The van der Waals surface area contributed by atoms with Crippen LogP contribution in [0.4, 0.5) is 0 Å². The van der Waals surface area contributed by atoms with Crippen LogP contribution < -0.4 is 0 Å². The Morgan fingerprint density at radius 2 is 0.920 bits per heavy atom. The van der Waals surface area contributed by atoms with Crippen molar-refractivity contribution in [1.29, 1.82) is 0 Å². The highest BCUT2D eigenvalue weighted by Gasteiger charge is 2.59. The summed E-state index contributed by atoms with van der Waals surface area (Å²) < 4.78 is 0. The molecule has 0 amide bonds. The molecule has 0 spiro atoms. The first-order valence-electron chi connectivity index (χ1n) is 8.48. The summed E-state index contributed by atoms with van der Waals surface area (Å²) in [5, 5.41) is 0. The number of hydrogen-bond acceptors (Lipinski definition) is 2. The lowest BCUT2D eigenvalue weighted by Gasteiger charge is -2.35. The Morgan fingerprint density at radius 1 is 0.560 bits per heavy atom. The van der Waals surface area contributed by atoms with Gasteiger partial charge in [0.2, 0.25) is 0 Å². The fourth-order valence-electron chi connectivity index (χ4n) is 3.98. The first-order valence-corrected chi connectivity index (χ1v) is 8.48. The standard InChI is InChI=1S/C23H18O2/c24-21-19-15-9-10-16-20(19)22(25)23(21,17-11-5-1-2-6-12-17)18-13-7-3-4-8-14-18/h1-18H. The topological polar surface area (TPSA) is 34.1 Å². The van der Waals surface area contributed by atoms with Gasteiger partial charge in [-0.05, 0) is 0 Å². The molecule has 0 bridgehead atoms. The number of hydrogen-bond donors (Lipinski definition) is 0. The SMILES string of the molecule is O=C1c2ccccc2C(=O)C1(C1C=CC=CC=C1)C1C=CC=CC=C1. The predicted molar refractivity (Wildman–Crippen MR) is 99.4 cm³/mol. The van der Waals surface area contributed by atoms with Gasteiger partial charge in [-0.2, -0.15) is 0 Å². The number of carbonyl (C=O) groups is 2. The highest BCUT2D eigenvalue weighted by molar-refractivity contribution is 6.30. The van der Waals surface area contributed by atoms with Gasteiger partial charge in [0.15, 0.2) is 11.6 Å². The van der Waals surface area contributed by atoms with E-state index in [0.29, 0.717) is 11.1 Å². The van der Waals surface area contributed by atoms with Crippen LogP contribution in [0, 0.1) is 17.3 Å². The monoisotopic (exact) mass is 326 g/mol. The number of benzene rings is 1. The Hall–Kier alpha value is -3.00. The average Bonchev–Trinajstić information content (AvgIpc) is 2.98. The van der Waals surface area contributed by atoms with Gasteiger partial charge in [0.05, 0.1) is 0 Å². The summed E-state index contributed by atoms with van der Waals surface area (Å²) in [4.78, 5) is 27.1. The zero-order chi connectivity index (χ0) is 17.3. The van der Waals surface area contributed by atoms with Gasteiger partial charge in [-0.3, -0.25) is 9.59 Å². The lowest BCUT2D eigenvalue weighted by Crippen LogP contribution is -2.45. The van der Waals surface area contributed by atoms with E-state index in [1.165, 1.54) is 0 Å². The van der Waals surface area contributed by atoms with E-state index in [4.69, 9.17) is 0 Å². The Kier molecular flexibility index (Phi) is 3.81. The minimum absolute atomic E-state index is 0.0875. The molecule has 0 aliphatic heterocycles. The molecule has 0 N–H and O–H groups in total. The van der Waals surface area contributed by atoms with Gasteiger partial charge in [-0.25, -0.2) is 0 Å². The van der Waals surface area contributed by atoms with Crippen molar-refractivity contribution in [2.75, 3.05) is 0 Å². The van der Waals surface area contributed by atoms with Crippen LogP contribution in [0.15, 0.2) is 97.2 Å². The largest absolute Gasteiger partial charge is 0.293 e. The van der Waals surface area contributed by atoms with Crippen LogP contribution in [-0.4, -0.2) is 11.6 Å². The average molecular weight is 326 g/mol. The minimum atomic E-state index is -1.16. The highest BCUT2D eigenvalue weighted by Crippen LogP contribution is 2.50. The lowest BCUT2D eigenvalue weighted by molar-refractivity contribution is 0.0608. The zero-order valence-corrected chi connectivity index (χ0v) is 13.7. The summed E-state index contributed by atoms with van der Waals surface area (Å²) in [5.41, 5.74) is -0.0992. The van der Waals surface area contributed by atoms with E-state index in [9.17, 15) is 9.59 Å². The minimum Gasteiger partial charge on any atom is -0.293 e. The normalized spacial score (nSPS) is 21.6. The number of carbonyl (C=O) groups excluding carboxylic acids is 2. The van der Waals surface area contributed by atoms with Gasteiger partial charge in [-0.1, -0.05) is 97.2 Å². The van der Waals surface area contributed by atoms with Crippen LogP contribution in [-0.2, 0) is 0 Å². The van der Waals surface area contributed by atoms with Crippen LogP contribution >= 0.6 is 0 Å². The van der Waals surface area contributed by atoms with E-state index < -0.39 is 5.41 Å². The molecule has 0 radical (unpaired) electrons. The van der Waals surface area contributed by atoms with E-state index in [-0.39, 0.29) is 23.4 Å². The number of allylic oxidation sites excluding steroid dienone is 12. The quantitative estimate of drug-likeness (QED) is 0.741. The van der Waals surface area contributed by atoms with Crippen LogP contribution in [0.5, 0.6) is 0 Å². The second-order valence-electron chi connectivity index (χ2n) is 6.43. The van der Waals surface area contributed by atoms with Gasteiger partial charge in [0.1, 0.15) is 5.41 Å². The first kappa shape index (κ1) is 15.5. The molecule has 2 nitrogen and oxygen atoms in total. The van der Waals surface area contributed by atoms with Crippen LogP contribution in [0.2, 0.25) is 0 Å². The molecule has 4 rings (SSSR count). The van der Waals surface area contributed by atoms with Crippen LogP contribution in [0.3, 0.4) is 0 Å². The summed E-state index contributed by atoms with van der Waals surface area (Å²) in [5.74, 6) is -0.773. The molecule has 3 aliphatic carbocycles. The van der Waals surface area contributed by atoms with Crippen molar-refractivity contribution in [1.82, 2.24) is 0 Å². The number of fused-ring (bicyclic) bond motifs is 1. The summed E-state index contributed by atoms with van der Waals surface area (Å²) in [6.07, 6.45) is 23.2. The second-order valence-corrected chi connectivity index (χ2v) is 6.43. The van der Waals surface area contributed by atoms with Crippen molar-refractivity contribution in [3.63, 3.8) is 0 Å². The molecule has 0 atom stereocenters. The molecule has 0 fully saturated rings. The van der Waals surface area contributed by atoms with Crippen molar-refractivity contribution in [2.24, 2.45) is 17.3 Å². The van der Waals surface area contributed by atoms with E-state index in [0.717, 1.165) is 0 Å². The Bertz CT molecular complexity index is 799. The van der Waals surface area contributed by atoms with Crippen molar-refractivity contribution in [3.05, 3.63) is 108 Å². The molecule has 0 unspecified atom stereocenters. The van der Waals surface area contributed by atoms with Gasteiger partial charge in [0.25, 0.3) is 0 Å². The molecule has 2 heteroatoms. The maximum absolute atomic E-state index is 13.6. The van der Waals surface area contributed by atoms with E-state index in [2.05, 4.69) is 0 Å². The van der Waals surface area contributed by atoms with Crippen molar-refractivity contribution >= 4 is 11.6 Å². The molecule has 3 aliphatic rings. The molecule has 0 aromatic heterocycles. The van der Waals surface area contributed by atoms with Crippen molar-refractivity contribution in [2.45, 2.75) is 0 Å². The molecular formula is C23H18O2. The molecule has 1 aromatic carbocycles. The summed E-state index contributed by atoms with van der Waals surface area (Å²) in [6, 6.07) is 7.17. The van der Waals surface area contributed by atoms with Gasteiger partial charge < -0.3 is 0 Å². The van der Waals surface area contributed by atoms with Gasteiger partial charge in [-0.15, -0.1) is 0 Å². The van der Waals surface area contributed by atoms with E-state index in [1.54, 1.807) is 12.1 Å². The third-order valence-electron chi connectivity index (χ3n) is 5.16. The smallest absolute Gasteiger partial charge is 0.179 e. The summed E-state index contributed by atoms with van der Waals surface area (Å²) in [6.45, 7) is 0. The molecule has 25 heavy (non-hydrogen) atoms. The maximum atomic E-state index is 13.6. The summed E-state index contributed by atoms with van der Waals surface area (Å²) in [7, 11) is 0. The lowest BCUT2D eigenvalue weighted by atomic mass is 9.62. The Balaban J connectivity index is 1.95. The summed E-state index contributed by atoms with van der Waals surface area (Å²) >= 11 is 0. The molecule has 0 saturated heterocycles. The number of Topliss-reactive ketones (excluding diaryl/α,β-unsaturated/α-hetero) is 2. The number of rotatable bonds is 2. The molecule has 0 heterocycles. The third-order valence-corrected chi connectivity index (χ3v) is 5.16. The van der Waals surface area contributed by atoms with Gasteiger partial charge >= 0.3 is 0 Å².